The highest BCUT2D eigenvalue weighted by molar-refractivity contribution is 6.29. The molecule has 0 aromatic carbocycles. The second kappa shape index (κ2) is 6.91. The van der Waals surface area contributed by atoms with Crippen molar-refractivity contribution in [3.8, 4) is 0 Å². The van der Waals surface area contributed by atoms with Crippen LogP contribution in [0, 0.1) is 6.92 Å². The molecule has 0 aliphatic carbocycles. The molecule has 0 bridgehead atoms. The first-order valence-corrected chi connectivity index (χ1v) is 6.80. The molecular weight excluding hydrogens is 266 g/mol. The lowest BCUT2D eigenvalue weighted by atomic mass is 10.1. The molecule has 6 heteroatoms. The van der Waals surface area contributed by atoms with E-state index in [1.54, 1.807) is 0 Å². The lowest BCUT2D eigenvalue weighted by Gasteiger charge is -2.20. The zero-order valence-corrected chi connectivity index (χ0v) is 12.7. The Hall–Kier alpha value is -1.07. The van der Waals surface area contributed by atoms with Gasteiger partial charge >= 0.3 is 0 Å². The van der Waals surface area contributed by atoms with E-state index in [4.69, 9.17) is 16.1 Å². The molecule has 1 rings (SSSR count). The quantitative estimate of drug-likeness (QED) is 0.786. The van der Waals surface area contributed by atoms with E-state index < -0.39 is 0 Å². The lowest BCUT2D eigenvalue weighted by molar-refractivity contribution is -0.121. The van der Waals surface area contributed by atoms with Gasteiger partial charge in [-0.1, -0.05) is 5.16 Å². The molecule has 0 aliphatic rings. The normalized spacial score (nSPS) is 11.6. The number of hydrogen-bond donors (Lipinski definition) is 2. The number of nitrogens with one attached hydrogen (secondary N) is 2. The molecule has 0 spiro atoms. The second-order valence-corrected chi connectivity index (χ2v) is 5.89. The van der Waals surface area contributed by atoms with Gasteiger partial charge in [0.15, 0.2) is 0 Å². The number of aryl methyl sites for hydroxylation is 1. The number of carbonyl (C=O) groups excluding carboxylic acids is 1. The molecule has 5 nitrogen and oxygen atoms in total. The van der Waals surface area contributed by atoms with Gasteiger partial charge < -0.3 is 15.2 Å². The third-order valence-corrected chi connectivity index (χ3v) is 2.94. The molecular formula is C13H22ClN3O2. The molecule has 0 radical (unpaired) electrons. The van der Waals surface area contributed by atoms with E-state index in [0.717, 1.165) is 17.8 Å². The molecule has 108 valence electrons. The van der Waals surface area contributed by atoms with Gasteiger partial charge in [-0.05, 0) is 45.7 Å². The number of halogens is 1. The molecule has 0 fully saturated rings. The highest BCUT2D eigenvalue weighted by atomic mass is 35.5. The maximum absolute atomic E-state index is 11.7. The molecule has 2 N–H and O–H groups in total. The van der Waals surface area contributed by atoms with E-state index in [0.29, 0.717) is 19.4 Å². The minimum atomic E-state index is 0.00683. The predicted molar refractivity (Wildman–Crippen MR) is 75.3 cm³/mol. The van der Waals surface area contributed by atoms with Crippen molar-refractivity contribution in [2.75, 3.05) is 13.1 Å². The Kier molecular flexibility index (Phi) is 5.82. The summed E-state index contributed by atoms with van der Waals surface area (Å²) in [5, 5.41) is 10.2. The first-order chi connectivity index (χ1) is 8.79. The van der Waals surface area contributed by atoms with Crippen molar-refractivity contribution in [1.82, 2.24) is 15.8 Å². The number of hydrogen-bond acceptors (Lipinski definition) is 4. The zero-order chi connectivity index (χ0) is 14.5. The van der Waals surface area contributed by atoms with Gasteiger partial charge in [0.25, 0.3) is 0 Å². The van der Waals surface area contributed by atoms with Gasteiger partial charge in [-0.25, -0.2) is 0 Å². The minimum Gasteiger partial charge on any atom is -0.355 e. The number of nitrogens with zero attached hydrogens (tertiary/aromatic N) is 1. The Morgan fingerprint density at radius 2 is 2.05 bits per heavy atom. The third-order valence-electron chi connectivity index (χ3n) is 2.64. The fraction of sp³-hybridized carbons (Fsp3) is 0.692. The third kappa shape index (κ3) is 6.07. The van der Waals surface area contributed by atoms with Gasteiger partial charge in [0.2, 0.25) is 11.1 Å². The molecule has 0 saturated carbocycles. The maximum atomic E-state index is 11.7. The molecule has 1 aromatic heterocycles. The van der Waals surface area contributed by atoms with Crippen molar-refractivity contribution in [3.63, 3.8) is 0 Å². The average molecular weight is 288 g/mol. The van der Waals surface area contributed by atoms with Crippen LogP contribution < -0.4 is 10.6 Å². The Morgan fingerprint density at radius 3 is 2.58 bits per heavy atom. The smallest absolute Gasteiger partial charge is 0.229 e. The summed E-state index contributed by atoms with van der Waals surface area (Å²) < 4.78 is 4.84. The minimum absolute atomic E-state index is 0.00683. The Bertz CT molecular complexity index is 405. The fourth-order valence-corrected chi connectivity index (χ4v) is 1.87. The van der Waals surface area contributed by atoms with E-state index in [9.17, 15) is 4.79 Å². The highest BCUT2D eigenvalue weighted by Gasteiger charge is 2.12. The van der Waals surface area contributed by atoms with Crippen LogP contribution in [0.4, 0.5) is 0 Å². The largest absolute Gasteiger partial charge is 0.355 e. The number of aromatic nitrogens is 1. The van der Waals surface area contributed by atoms with Gasteiger partial charge in [0, 0.05) is 30.6 Å². The second-order valence-electron chi connectivity index (χ2n) is 5.55. The van der Waals surface area contributed by atoms with Gasteiger partial charge in [-0.15, -0.1) is 0 Å². The first-order valence-electron chi connectivity index (χ1n) is 6.42. The van der Waals surface area contributed by atoms with E-state index in [-0.39, 0.29) is 16.7 Å². The summed E-state index contributed by atoms with van der Waals surface area (Å²) in [6.45, 7) is 9.45. The van der Waals surface area contributed by atoms with Gasteiger partial charge in [0.05, 0.1) is 5.69 Å². The topological polar surface area (TPSA) is 67.2 Å². The molecule has 0 atom stereocenters. The van der Waals surface area contributed by atoms with Crippen LogP contribution in [0.1, 0.15) is 38.4 Å². The lowest BCUT2D eigenvalue weighted by Crippen LogP contribution is -2.41. The number of rotatable bonds is 6. The predicted octanol–water partition coefficient (Wildman–Crippen LogP) is 2.07. The van der Waals surface area contributed by atoms with E-state index in [2.05, 4.69) is 36.6 Å². The molecule has 1 aromatic rings. The average Bonchev–Trinajstić information content (AvgIpc) is 2.61. The van der Waals surface area contributed by atoms with Gasteiger partial charge in [-0.2, -0.15) is 0 Å². The summed E-state index contributed by atoms with van der Waals surface area (Å²) in [6, 6.07) is 0. The van der Waals surface area contributed by atoms with Crippen molar-refractivity contribution in [2.45, 2.75) is 46.1 Å². The SMILES string of the molecule is Cc1noc(Cl)c1CCC(=O)NCCNC(C)(C)C. The Morgan fingerprint density at radius 1 is 1.37 bits per heavy atom. The van der Waals surface area contributed by atoms with Crippen LogP contribution in [0.15, 0.2) is 4.52 Å². The van der Waals surface area contributed by atoms with Crippen molar-refractivity contribution < 1.29 is 9.32 Å². The monoisotopic (exact) mass is 287 g/mol. The zero-order valence-electron chi connectivity index (χ0n) is 12.0. The summed E-state index contributed by atoms with van der Waals surface area (Å²) in [7, 11) is 0. The van der Waals surface area contributed by atoms with Crippen LogP contribution in [-0.2, 0) is 11.2 Å². The van der Waals surface area contributed by atoms with Gasteiger partial charge in [-0.3, -0.25) is 4.79 Å². The van der Waals surface area contributed by atoms with Crippen LogP contribution >= 0.6 is 11.6 Å². The van der Waals surface area contributed by atoms with Crippen LogP contribution in [-0.4, -0.2) is 29.7 Å². The maximum Gasteiger partial charge on any atom is 0.229 e. The summed E-state index contributed by atoms with van der Waals surface area (Å²) in [4.78, 5) is 11.7. The molecule has 1 heterocycles. The Labute approximate surface area is 119 Å². The molecule has 0 saturated heterocycles. The van der Waals surface area contributed by atoms with Crippen molar-refractivity contribution in [2.24, 2.45) is 0 Å². The number of amides is 1. The first kappa shape index (κ1) is 16.0. The summed E-state index contributed by atoms with van der Waals surface area (Å²) in [6.07, 6.45) is 0.935. The highest BCUT2D eigenvalue weighted by Crippen LogP contribution is 2.20. The summed E-state index contributed by atoms with van der Waals surface area (Å²) >= 11 is 5.83. The summed E-state index contributed by atoms with van der Waals surface area (Å²) in [5.74, 6) is 0.00683. The van der Waals surface area contributed by atoms with E-state index >= 15 is 0 Å². The van der Waals surface area contributed by atoms with Crippen LogP contribution in [0.3, 0.4) is 0 Å². The van der Waals surface area contributed by atoms with Crippen molar-refractivity contribution in [3.05, 3.63) is 16.5 Å². The van der Waals surface area contributed by atoms with Crippen molar-refractivity contribution in [1.29, 1.82) is 0 Å². The molecule has 0 aliphatic heterocycles. The fourth-order valence-electron chi connectivity index (χ4n) is 1.61. The summed E-state index contributed by atoms with van der Waals surface area (Å²) in [5.41, 5.74) is 1.62. The van der Waals surface area contributed by atoms with Gasteiger partial charge in [0.1, 0.15) is 0 Å². The van der Waals surface area contributed by atoms with E-state index in [1.165, 1.54) is 0 Å². The van der Waals surface area contributed by atoms with Crippen LogP contribution in [0.2, 0.25) is 5.22 Å². The number of carbonyl (C=O) groups is 1. The van der Waals surface area contributed by atoms with E-state index in [1.807, 2.05) is 6.92 Å². The molecule has 19 heavy (non-hydrogen) atoms. The standard InChI is InChI=1S/C13H22ClN3O2/c1-9-10(12(14)19-17-9)5-6-11(18)15-7-8-16-13(2,3)4/h16H,5-8H2,1-4H3,(H,15,18). The van der Waals surface area contributed by atoms with Crippen LogP contribution in [0.5, 0.6) is 0 Å². The molecule has 0 unspecified atom stereocenters. The molecule has 1 amide bonds. The Balaban J connectivity index is 2.22. The van der Waals surface area contributed by atoms with Crippen molar-refractivity contribution >= 4 is 17.5 Å². The van der Waals surface area contributed by atoms with Crippen LogP contribution in [0.25, 0.3) is 0 Å².